The number of nitrogens with zero attached hydrogens (tertiary/aromatic N) is 2. The first-order chi connectivity index (χ1) is 12.8. The first kappa shape index (κ1) is 16.9. The summed E-state index contributed by atoms with van der Waals surface area (Å²) in [5.41, 5.74) is 5.47. The molecule has 0 fully saturated rings. The van der Waals surface area contributed by atoms with Crippen LogP contribution in [0.1, 0.15) is 23.5 Å². The van der Waals surface area contributed by atoms with E-state index in [-0.39, 0.29) is 0 Å². The maximum atomic E-state index is 4.86. The summed E-state index contributed by atoms with van der Waals surface area (Å²) in [7, 11) is 0. The van der Waals surface area contributed by atoms with Crippen LogP contribution in [0.3, 0.4) is 0 Å². The van der Waals surface area contributed by atoms with E-state index in [2.05, 4.69) is 76.6 Å². The van der Waals surface area contributed by atoms with Crippen molar-refractivity contribution in [2.24, 2.45) is 0 Å². The number of benzene rings is 2. The van der Waals surface area contributed by atoms with Crippen molar-refractivity contribution in [3.8, 4) is 11.3 Å². The highest BCUT2D eigenvalue weighted by Crippen LogP contribution is 2.26. The maximum Gasteiger partial charge on any atom is 0.159 e. The Morgan fingerprint density at radius 2 is 1.65 bits per heavy atom. The second-order valence-electron chi connectivity index (χ2n) is 6.37. The summed E-state index contributed by atoms with van der Waals surface area (Å²) in [6.07, 6.45) is 8.23. The van der Waals surface area contributed by atoms with Gasteiger partial charge in [0.25, 0.3) is 0 Å². The van der Waals surface area contributed by atoms with Gasteiger partial charge < -0.3 is 0 Å². The number of rotatable bonds is 4. The average molecular weight is 403 g/mol. The molecular weight excluding hydrogens is 384 g/mol. The fourth-order valence-electron chi connectivity index (χ4n) is 3.04. The van der Waals surface area contributed by atoms with Gasteiger partial charge in [-0.1, -0.05) is 94.8 Å². The molecule has 3 aromatic rings. The van der Waals surface area contributed by atoms with E-state index < -0.39 is 0 Å². The molecule has 2 nitrogen and oxygen atoms in total. The molecule has 26 heavy (non-hydrogen) atoms. The Kier molecular flexibility index (Phi) is 5.07. The fourth-order valence-corrected chi connectivity index (χ4v) is 3.38. The van der Waals surface area contributed by atoms with Gasteiger partial charge >= 0.3 is 0 Å². The summed E-state index contributed by atoms with van der Waals surface area (Å²) in [6, 6.07) is 22.9. The van der Waals surface area contributed by atoms with E-state index in [4.69, 9.17) is 9.97 Å². The normalized spacial score (nSPS) is 16.3. The SMILES string of the molecule is BrC1C=CC(c2nc(Cc3ccccc3)cc(-c3ccccc3)n2)=CC1. The molecule has 2 aromatic carbocycles. The number of halogens is 1. The molecule has 3 heteroatoms. The van der Waals surface area contributed by atoms with Crippen LogP contribution < -0.4 is 0 Å². The Morgan fingerprint density at radius 3 is 2.35 bits per heavy atom. The minimum absolute atomic E-state index is 0.396. The van der Waals surface area contributed by atoms with E-state index in [1.807, 2.05) is 24.3 Å². The van der Waals surface area contributed by atoms with E-state index in [0.717, 1.165) is 41.2 Å². The van der Waals surface area contributed by atoms with Gasteiger partial charge in [0.1, 0.15) is 0 Å². The summed E-state index contributed by atoms with van der Waals surface area (Å²) in [5, 5.41) is 0. The lowest BCUT2D eigenvalue weighted by Crippen LogP contribution is -2.04. The molecule has 1 aromatic heterocycles. The van der Waals surface area contributed by atoms with Gasteiger partial charge in [-0.2, -0.15) is 0 Å². The molecule has 4 rings (SSSR count). The predicted octanol–water partition coefficient (Wildman–Crippen LogP) is 5.84. The van der Waals surface area contributed by atoms with E-state index >= 15 is 0 Å². The smallest absolute Gasteiger partial charge is 0.159 e. The quantitative estimate of drug-likeness (QED) is 0.512. The summed E-state index contributed by atoms with van der Waals surface area (Å²) in [4.78, 5) is 10.1. The third-order valence-corrected chi connectivity index (χ3v) is 5.06. The molecule has 0 N–H and O–H groups in total. The van der Waals surface area contributed by atoms with Crippen molar-refractivity contribution in [1.29, 1.82) is 0 Å². The van der Waals surface area contributed by atoms with Crippen molar-refractivity contribution in [3.05, 3.63) is 102 Å². The van der Waals surface area contributed by atoms with Crippen LogP contribution in [0.2, 0.25) is 0 Å². The van der Waals surface area contributed by atoms with Gasteiger partial charge in [0.05, 0.1) is 5.69 Å². The lowest BCUT2D eigenvalue weighted by atomic mass is 10.0. The standard InChI is InChI=1S/C23H19BrN2/c24-20-13-11-19(12-14-20)23-25-21(15-17-7-3-1-4-8-17)16-22(26-23)18-9-5-2-6-10-18/h1-13,16,20H,14-15H2. The van der Waals surface area contributed by atoms with E-state index in [9.17, 15) is 0 Å². The Balaban J connectivity index is 1.76. The minimum Gasteiger partial charge on any atom is -0.233 e. The number of alkyl halides is 1. The molecule has 0 spiro atoms. The Hall–Kier alpha value is -2.52. The zero-order chi connectivity index (χ0) is 17.8. The first-order valence-corrected chi connectivity index (χ1v) is 9.69. The van der Waals surface area contributed by atoms with Crippen LogP contribution >= 0.6 is 15.9 Å². The molecule has 0 amide bonds. The van der Waals surface area contributed by atoms with E-state index in [0.29, 0.717) is 4.83 Å². The zero-order valence-corrected chi connectivity index (χ0v) is 15.9. The molecule has 0 saturated carbocycles. The molecule has 1 heterocycles. The van der Waals surface area contributed by atoms with Crippen molar-refractivity contribution in [2.75, 3.05) is 0 Å². The van der Waals surface area contributed by atoms with Crippen molar-refractivity contribution in [1.82, 2.24) is 9.97 Å². The van der Waals surface area contributed by atoms with Gasteiger partial charge in [0.2, 0.25) is 0 Å². The van der Waals surface area contributed by atoms with Gasteiger partial charge in [-0.3, -0.25) is 0 Å². The van der Waals surface area contributed by atoms with Crippen LogP contribution in [0.25, 0.3) is 16.8 Å². The van der Waals surface area contributed by atoms with Crippen molar-refractivity contribution < 1.29 is 0 Å². The highest BCUT2D eigenvalue weighted by atomic mass is 79.9. The van der Waals surface area contributed by atoms with Gasteiger partial charge in [-0.15, -0.1) is 0 Å². The molecule has 1 aliphatic carbocycles. The number of hydrogen-bond acceptors (Lipinski definition) is 2. The Morgan fingerprint density at radius 1 is 0.923 bits per heavy atom. The van der Waals surface area contributed by atoms with Gasteiger partial charge in [-0.05, 0) is 18.1 Å². The second kappa shape index (κ2) is 7.79. The van der Waals surface area contributed by atoms with Gasteiger partial charge in [0, 0.05) is 28.1 Å². The van der Waals surface area contributed by atoms with Crippen LogP contribution in [-0.2, 0) is 6.42 Å². The molecule has 0 saturated heterocycles. The van der Waals surface area contributed by atoms with Crippen LogP contribution in [0, 0.1) is 0 Å². The average Bonchev–Trinajstić information content (AvgIpc) is 2.70. The molecular formula is C23H19BrN2. The third-order valence-electron chi connectivity index (χ3n) is 4.38. The molecule has 1 unspecified atom stereocenters. The summed E-state index contributed by atoms with van der Waals surface area (Å²) in [6.45, 7) is 0. The van der Waals surface area contributed by atoms with Crippen LogP contribution in [0.4, 0.5) is 0 Å². The minimum atomic E-state index is 0.396. The summed E-state index contributed by atoms with van der Waals surface area (Å²) >= 11 is 3.63. The molecule has 0 radical (unpaired) electrons. The molecule has 1 aliphatic rings. The molecule has 0 aliphatic heterocycles. The summed E-state index contributed by atoms with van der Waals surface area (Å²) < 4.78 is 0. The Labute approximate surface area is 162 Å². The van der Waals surface area contributed by atoms with Gasteiger partial charge in [0.15, 0.2) is 5.82 Å². The predicted molar refractivity (Wildman–Crippen MR) is 111 cm³/mol. The highest BCUT2D eigenvalue weighted by molar-refractivity contribution is 9.09. The van der Waals surface area contributed by atoms with Crippen molar-refractivity contribution in [3.63, 3.8) is 0 Å². The number of hydrogen-bond donors (Lipinski definition) is 0. The van der Waals surface area contributed by atoms with E-state index in [1.54, 1.807) is 0 Å². The van der Waals surface area contributed by atoms with Gasteiger partial charge in [-0.25, -0.2) is 9.97 Å². The lowest BCUT2D eigenvalue weighted by molar-refractivity contribution is 0.998. The van der Waals surface area contributed by atoms with Crippen molar-refractivity contribution >= 4 is 21.5 Å². The fraction of sp³-hybridized carbons (Fsp3) is 0.130. The topological polar surface area (TPSA) is 25.8 Å². The Bertz CT molecular complexity index is 946. The van der Waals surface area contributed by atoms with E-state index in [1.165, 1.54) is 5.56 Å². The monoisotopic (exact) mass is 402 g/mol. The molecule has 128 valence electrons. The largest absolute Gasteiger partial charge is 0.233 e. The number of allylic oxidation sites excluding steroid dienone is 4. The molecule has 0 bridgehead atoms. The molecule has 1 atom stereocenters. The van der Waals surface area contributed by atoms with Crippen LogP contribution in [0.15, 0.2) is 85.0 Å². The zero-order valence-electron chi connectivity index (χ0n) is 14.3. The second-order valence-corrected chi connectivity index (χ2v) is 7.54. The van der Waals surface area contributed by atoms with Crippen LogP contribution in [0.5, 0.6) is 0 Å². The van der Waals surface area contributed by atoms with Crippen LogP contribution in [-0.4, -0.2) is 14.8 Å². The third kappa shape index (κ3) is 4.00. The lowest BCUT2D eigenvalue weighted by Gasteiger charge is -2.13. The number of aromatic nitrogens is 2. The summed E-state index contributed by atoms with van der Waals surface area (Å²) in [5.74, 6) is 0.799. The van der Waals surface area contributed by atoms with Crippen molar-refractivity contribution in [2.45, 2.75) is 17.7 Å². The first-order valence-electron chi connectivity index (χ1n) is 8.78. The maximum absolute atomic E-state index is 4.86. The highest BCUT2D eigenvalue weighted by Gasteiger charge is 2.13.